The van der Waals surface area contributed by atoms with E-state index in [0.717, 1.165) is 30.4 Å². The topological polar surface area (TPSA) is 98.1 Å². The average Bonchev–Trinajstić information content (AvgIpc) is 3.62. The summed E-state index contributed by atoms with van der Waals surface area (Å²) >= 11 is 8.05. The lowest BCUT2D eigenvalue weighted by atomic mass is 9.90. The minimum absolute atomic E-state index is 0.0281. The molecule has 0 fully saturated rings. The van der Waals surface area contributed by atoms with Crippen molar-refractivity contribution in [3.8, 4) is 11.5 Å². The van der Waals surface area contributed by atoms with Crippen LogP contribution in [0.4, 0.5) is 0 Å². The number of nitrogens with zero attached hydrogens (tertiary/aromatic N) is 4. The van der Waals surface area contributed by atoms with Gasteiger partial charge in [0.05, 0.1) is 20.3 Å². The number of halogens is 1. The van der Waals surface area contributed by atoms with Crippen molar-refractivity contribution in [2.75, 3.05) is 14.2 Å². The number of tetrazole rings is 1. The van der Waals surface area contributed by atoms with E-state index in [-0.39, 0.29) is 5.92 Å². The van der Waals surface area contributed by atoms with E-state index < -0.39 is 6.10 Å². The fraction of sp³-hybridized carbons (Fsp3) is 0.375. The number of aliphatic hydroxyl groups excluding tert-OH is 1. The van der Waals surface area contributed by atoms with Gasteiger partial charge in [0.2, 0.25) is 0 Å². The van der Waals surface area contributed by atoms with Crippen LogP contribution in [0.1, 0.15) is 41.5 Å². The number of hydrogen-bond acceptors (Lipinski definition) is 7. The van der Waals surface area contributed by atoms with Gasteiger partial charge >= 0.3 is 0 Å². The molecule has 8 nitrogen and oxygen atoms in total. The third-order valence-electron chi connectivity index (χ3n) is 5.89. The molecule has 0 unspecified atom stereocenters. The van der Waals surface area contributed by atoms with Crippen molar-refractivity contribution in [2.45, 2.75) is 38.3 Å². The Labute approximate surface area is 207 Å². The van der Waals surface area contributed by atoms with Crippen molar-refractivity contribution in [2.24, 2.45) is 5.92 Å². The summed E-state index contributed by atoms with van der Waals surface area (Å²) in [6, 6.07) is 7.78. The van der Waals surface area contributed by atoms with Crippen LogP contribution in [0.25, 0.3) is 0 Å². The number of thiophene rings is 1. The predicted octanol–water partition coefficient (Wildman–Crippen LogP) is 4.70. The summed E-state index contributed by atoms with van der Waals surface area (Å²) in [4.78, 5) is 0. The second kappa shape index (κ2) is 11.5. The van der Waals surface area contributed by atoms with Crippen LogP contribution in [0.15, 0.2) is 47.4 Å². The van der Waals surface area contributed by atoms with Gasteiger partial charge in [-0.05, 0) is 71.0 Å². The first-order valence-corrected chi connectivity index (χ1v) is 12.4. The molecule has 4 rings (SSSR count). The van der Waals surface area contributed by atoms with Gasteiger partial charge < -0.3 is 19.1 Å². The van der Waals surface area contributed by atoms with Crippen molar-refractivity contribution < 1.29 is 14.6 Å². The first kappa shape index (κ1) is 24.3. The average molecular weight is 502 g/mol. The van der Waals surface area contributed by atoms with Gasteiger partial charge in [-0.25, -0.2) is 0 Å². The lowest BCUT2D eigenvalue weighted by Gasteiger charge is -2.25. The molecule has 10 heteroatoms. The van der Waals surface area contributed by atoms with Crippen molar-refractivity contribution in [3.05, 3.63) is 75.0 Å². The van der Waals surface area contributed by atoms with Crippen molar-refractivity contribution in [1.82, 2.24) is 25.2 Å². The maximum absolute atomic E-state index is 11.4. The quantitative estimate of drug-likeness (QED) is 0.292. The number of ether oxygens (including phenoxy) is 2. The molecule has 4 aromatic rings. The molecule has 3 heterocycles. The van der Waals surface area contributed by atoms with Gasteiger partial charge in [-0.3, -0.25) is 0 Å². The summed E-state index contributed by atoms with van der Waals surface area (Å²) in [6.45, 7) is 0.657. The molecule has 34 heavy (non-hydrogen) atoms. The van der Waals surface area contributed by atoms with E-state index in [1.54, 1.807) is 37.7 Å². The highest BCUT2D eigenvalue weighted by atomic mass is 35.5. The molecule has 0 saturated heterocycles. The molecule has 2 N–H and O–H groups in total. The number of rotatable bonds is 12. The summed E-state index contributed by atoms with van der Waals surface area (Å²) in [5.41, 5.74) is 3.14. The van der Waals surface area contributed by atoms with Gasteiger partial charge in [-0.15, -0.1) is 10.2 Å². The van der Waals surface area contributed by atoms with E-state index in [4.69, 9.17) is 21.1 Å². The fourth-order valence-corrected chi connectivity index (χ4v) is 5.07. The molecule has 1 aromatic carbocycles. The van der Waals surface area contributed by atoms with Gasteiger partial charge in [0.15, 0.2) is 5.82 Å². The van der Waals surface area contributed by atoms with Gasteiger partial charge in [-0.1, -0.05) is 16.8 Å². The maximum atomic E-state index is 11.4. The zero-order valence-corrected chi connectivity index (χ0v) is 20.7. The summed E-state index contributed by atoms with van der Waals surface area (Å²) in [7, 11) is 3.11. The third-order valence-corrected chi connectivity index (χ3v) is 6.99. The van der Waals surface area contributed by atoms with Crippen LogP contribution in [-0.2, 0) is 19.4 Å². The second-order valence-corrected chi connectivity index (χ2v) is 9.35. The smallest absolute Gasteiger partial charge is 0.178 e. The Balaban J connectivity index is 1.53. The number of aromatic nitrogens is 5. The zero-order valence-electron chi connectivity index (χ0n) is 19.1. The predicted molar refractivity (Wildman–Crippen MR) is 132 cm³/mol. The number of hydrogen-bond donors (Lipinski definition) is 2. The molecule has 0 aliphatic carbocycles. The summed E-state index contributed by atoms with van der Waals surface area (Å²) in [6.07, 6.45) is 6.77. The Morgan fingerprint density at radius 2 is 1.97 bits per heavy atom. The Morgan fingerprint density at radius 3 is 2.62 bits per heavy atom. The van der Waals surface area contributed by atoms with E-state index >= 15 is 0 Å². The van der Waals surface area contributed by atoms with Crippen LogP contribution >= 0.6 is 22.9 Å². The first-order chi connectivity index (χ1) is 16.6. The summed E-state index contributed by atoms with van der Waals surface area (Å²) in [5.74, 6) is 1.58. The van der Waals surface area contributed by atoms with Gasteiger partial charge in [0.25, 0.3) is 0 Å². The monoisotopic (exact) mass is 501 g/mol. The van der Waals surface area contributed by atoms with Crippen molar-refractivity contribution in [1.29, 1.82) is 0 Å². The van der Waals surface area contributed by atoms with Gasteiger partial charge in [0.1, 0.15) is 16.5 Å². The number of methoxy groups -OCH3 is 2. The minimum atomic E-state index is -0.717. The maximum Gasteiger partial charge on any atom is 0.178 e. The molecular weight excluding hydrogens is 474 g/mol. The normalized spacial score (nSPS) is 13.1. The molecule has 0 aliphatic heterocycles. The van der Waals surface area contributed by atoms with E-state index in [9.17, 15) is 5.11 Å². The van der Waals surface area contributed by atoms with Gasteiger partial charge in [-0.2, -0.15) is 16.6 Å². The van der Waals surface area contributed by atoms with E-state index in [1.807, 2.05) is 12.3 Å². The number of aryl methyl sites for hydroxylation is 1. The molecule has 3 aromatic heterocycles. The molecule has 0 bridgehead atoms. The fourth-order valence-electron chi connectivity index (χ4n) is 4.10. The van der Waals surface area contributed by atoms with Crippen molar-refractivity contribution in [3.63, 3.8) is 0 Å². The van der Waals surface area contributed by atoms with E-state index in [2.05, 4.69) is 48.2 Å². The Hall–Kier alpha value is -2.88. The van der Waals surface area contributed by atoms with Crippen molar-refractivity contribution >= 4 is 22.9 Å². The van der Waals surface area contributed by atoms with Crippen LogP contribution in [0.2, 0.25) is 5.02 Å². The molecule has 0 aliphatic rings. The Kier molecular flexibility index (Phi) is 8.21. The highest BCUT2D eigenvalue weighted by Crippen LogP contribution is 2.39. The molecule has 180 valence electrons. The first-order valence-electron chi connectivity index (χ1n) is 11.0. The third kappa shape index (κ3) is 5.97. The number of aromatic amines is 1. The van der Waals surface area contributed by atoms with Crippen LogP contribution in [0.5, 0.6) is 11.5 Å². The Morgan fingerprint density at radius 1 is 1.18 bits per heavy atom. The van der Waals surface area contributed by atoms with Crippen LogP contribution in [0, 0.1) is 5.92 Å². The summed E-state index contributed by atoms with van der Waals surface area (Å²) in [5, 5.41) is 30.3. The second-order valence-electron chi connectivity index (χ2n) is 8.19. The van der Waals surface area contributed by atoms with Gasteiger partial charge in [0, 0.05) is 31.3 Å². The molecule has 0 spiro atoms. The van der Waals surface area contributed by atoms with Crippen LogP contribution in [-0.4, -0.2) is 44.5 Å². The molecule has 2 atom stereocenters. The SMILES string of the molecule is COc1cc([C@@H](O)[C@@H](CCCc2ccsc2)Cn2ccc(Cc3nn[nH]n3)c2)cc(OC)c1Cl. The standard InChI is InChI=1S/C24H28ClN5O3S/c1-32-20-11-19(12-21(33-2)23(20)25)24(31)18(5-3-4-16-7-9-34-15-16)14-30-8-6-17(13-30)10-22-26-28-29-27-22/h6-9,11-13,15,18,24,31H,3-5,10,14H2,1-2H3,(H,26,27,28,29)/t18-,24-/m0/s1. The number of H-pyrrole nitrogens is 1. The van der Waals surface area contributed by atoms with E-state index in [0.29, 0.717) is 35.3 Å². The highest BCUT2D eigenvalue weighted by molar-refractivity contribution is 7.07. The minimum Gasteiger partial charge on any atom is -0.495 e. The number of aliphatic hydroxyl groups is 1. The zero-order chi connectivity index (χ0) is 23.9. The molecule has 0 amide bonds. The lowest BCUT2D eigenvalue weighted by molar-refractivity contribution is 0.0904. The molecule has 0 radical (unpaired) electrons. The van der Waals surface area contributed by atoms with Crippen LogP contribution < -0.4 is 9.47 Å². The lowest BCUT2D eigenvalue weighted by Crippen LogP contribution is -2.19. The Bertz CT molecular complexity index is 1140. The van der Waals surface area contributed by atoms with E-state index in [1.165, 1.54) is 5.56 Å². The largest absolute Gasteiger partial charge is 0.495 e. The number of benzene rings is 1. The summed E-state index contributed by atoms with van der Waals surface area (Å²) < 4.78 is 12.9. The molecule has 0 saturated carbocycles. The molecular formula is C24H28ClN5O3S. The highest BCUT2D eigenvalue weighted by Gasteiger charge is 2.24. The van der Waals surface area contributed by atoms with Crippen LogP contribution in [0.3, 0.4) is 0 Å². The number of nitrogens with one attached hydrogen (secondary N) is 1.